The molecule has 4 heteroatoms. The second kappa shape index (κ2) is 4.71. The van der Waals surface area contributed by atoms with Gasteiger partial charge in [0.05, 0.1) is 5.56 Å². The van der Waals surface area contributed by atoms with E-state index in [2.05, 4.69) is 31.8 Å². The van der Waals surface area contributed by atoms with Crippen LogP contribution in [0.15, 0.2) is 12.3 Å². The van der Waals surface area contributed by atoms with Crippen LogP contribution in [0.3, 0.4) is 0 Å². The molecule has 1 heterocycles. The monoisotopic (exact) mass is 237 g/mol. The normalized spacial score (nSPS) is 11.0. The molecule has 0 atom stereocenters. The molecule has 0 spiro atoms. The standard InChI is InChI=1S/C12H16ClN3/c1-5-12(2,3)16(4)11-10(13)9(8-14)6-7-15-11/h6-7H,5H2,1-4H3. The van der Waals surface area contributed by atoms with E-state index in [1.807, 2.05) is 11.9 Å². The average molecular weight is 238 g/mol. The van der Waals surface area contributed by atoms with Crippen molar-refractivity contribution in [3.63, 3.8) is 0 Å². The summed E-state index contributed by atoms with van der Waals surface area (Å²) in [7, 11) is 1.94. The molecular weight excluding hydrogens is 222 g/mol. The smallest absolute Gasteiger partial charge is 0.148 e. The third-order valence-electron chi connectivity index (χ3n) is 3.08. The second-order valence-electron chi connectivity index (χ2n) is 4.33. The number of pyridine rings is 1. The number of hydrogen-bond donors (Lipinski definition) is 0. The third kappa shape index (κ3) is 2.28. The zero-order valence-electron chi connectivity index (χ0n) is 10.1. The molecule has 0 unspecified atom stereocenters. The molecule has 1 rings (SSSR count). The van der Waals surface area contributed by atoms with Crippen molar-refractivity contribution in [2.75, 3.05) is 11.9 Å². The Morgan fingerprint density at radius 2 is 2.19 bits per heavy atom. The van der Waals surface area contributed by atoms with Crippen LogP contribution in [-0.4, -0.2) is 17.6 Å². The van der Waals surface area contributed by atoms with E-state index in [9.17, 15) is 0 Å². The van der Waals surface area contributed by atoms with Crippen LogP contribution < -0.4 is 4.90 Å². The number of nitriles is 1. The molecule has 0 aliphatic carbocycles. The summed E-state index contributed by atoms with van der Waals surface area (Å²) in [6.45, 7) is 6.34. The van der Waals surface area contributed by atoms with Gasteiger partial charge in [-0.2, -0.15) is 5.26 Å². The van der Waals surface area contributed by atoms with E-state index >= 15 is 0 Å². The van der Waals surface area contributed by atoms with Crippen molar-refractivity contribution in [1.82, 2.24) is 4.98 Å². The highest BCUT2D eigenvalue weighted by molar-refractivity contribution is 6.34. The maximum Gasteiger partial charge on any atom is 0.148 e. The molecule has 3 nitrogen and oxygen atoms in total. The first-order valence-corrected chi connectivity index (χ1v) is 5.60. The highest BCUT2D eigenvalue weighted by Gasteiger charge is 2.24. The summed E-state index contributed by atoms with van der Waals surface area (Å²) in [5.41, 5.74) is 0.426. The minimum absolute atomic E-state index is 0.0370. The fraction of sp³-hybridized carbons (Fsp3) is 0.500. The van der Waals surface area contributed by atoms with Crippen molar-refractivity contribution >= 4 is 17.4 Å². The quantitative estimate of drug-likeness (QED) is 0.810. The van der Waals surface area contributed by atoms with Crippen LogP contribution in [-0.2, 0) is 0 Å². The van der Waals surface area contributed by atoms with Crippen LogP contribution in [0.1, 0.15) is 32.8 Å². The molecular formula is C12H16ClN3. The maximum atomic E-state index is 8.90. The van der Waals surface area contributed by atoms with Gasteiger partial charge in [-0.1, -0.05) is 18.5 Å². The Morgan fingerprint density at radius 3 is 2.69 bits per heavy atom. The lowest BCUT2D eigenvalue weighted by Gasteiger charge is -2.36. The minimum atomic E-state index is -0.0370. The van der Waals surface area contributed by atoms with Crippen molar-refractivity contribution in [2.24, 2.45) is 0 Å². The first kappa shape index (κ1) is 12.8. The Morgan fingerprint density at radius 1 is 1.56 bits per heavy atom. The van der Waals surface area contributed by atoms with E-state index in [0.29, 0.717) is 16.4 Å². The molecule has 0 aliphatic heterocycles. The third-order valence-corrected chi connectivity index (χ3v) is 3.45. The van der Waals surface area contributed by atoms with Gasteiger partial charge in [0, 0.05) is 18.8 Å². The van der Waals surface area contributed by atoms with Gasteiger partial charge in [0.15, 0.2) is 0 Å². The minimum Gasteiger partial charge on any atom is -0.353 e. The summed E-state index contributed by atoms with van der Waals surface area (Å²) in [5.74, 6) is 0.660. The van der Waals surface area contributed by atoms with Gasteiger partial charge in [0.25, 0.3) is 0 Å². The van der Waals surface area contributed by atoms with Crippen LogP contribution in [0.2, 0.25) is 5.02 Å². The van der Waals surface area contributed by atoms with Gasteiger partial charge < -0.3 is 4.90 Å². The van der Waals surface area contributed by atoms with Crippen molar-refractivity contribution in [3.8, 4) is 6.07 Å². The van der Waals surface area contributed by atoms with E-state index in [1.165, 1.54) is 0 Å². The van der Waals surface area contributed by atoms with Gasteiger partial charge >= 0.3 is 0 Å². The molecule has 86 valence electrons. The Balaban J connectivity index is 3.20. The van der Waals surface area contributed by atoms with Gasteiger partial charge in [0.2, 0.25) is 0 Å². The first-order chi connectivity index (χ1) is 7.44. The lowest BCUT2D eigenvalue weighted by atomic mass is 10.00. The van der Waals surface area contributed by atoms with Crippen molar-refractivity contribution in [2.45, 2.75) is 32.7 Å². The predicted molar refractivity (Wildman–Crippen MR) is 66.7 cm³/mol. The molecule has 0 aromatic carbocycles. The summed E-state index contributed by atoms with van der Waals surface area (Å²) in [6, 6.07) is 3.68. The van der Waals surface area contributed by atoms with Crippen LogP contribution in [0.4, 0.5) is 5.82 Å². The molecule has 1 aromatic rings. The van der Waals surface area contributed by atoms with E-state index < -0.39 is 0 Å². The van der Waals surface area contributed by atoms with Crippen molar-refractivity contribution in [1.29, 1.82) is 5.26 Å². The van der Waals surface area contributed by atoms with E-state index in [-0.39, 0.29) is 5.54 Å². The number of nitrogens with zero attached hydrogens (tertiary/aromatic N) is 3. The summed E-state index contributed by atoms with van der Waals surface area (Å²) in [4.78, 5) is 6.25. The number of anilines is 1. The summed E-state index contributed by atoms with van der Waals surface area (Å²) in [6.07, 6.45) is 2.58. The fourth-order valence-electron chi connectivity index (χ4n) is 1.28. The first-order valence-electron chi connectivity index (χ1n) is 5.22. The van der Waals surface area contributed by atoms with E-state index in [1.54, 1.807) is 12.3 Å². The van der Waals surface area contributed by atoms with Crippen molar-refractivity contribution in [3.05, 3.63) is 22.8 Å². The Bertz CT molecular complexity index is 421. The van der Waals surface area contributed by atoms with Gasteiger partial charge in [-0.05, 0) is 26.3 Å². The lowest BCUT2D eigenvalue weighted by Crippen LogP contribution is -2.41. The summed E-state index contributed by atoms with van der Waals surface area (Å²) >= 11 is 6.14. The Kier molecular flexibility index (Phi) is 3.77. The largest absolute Gasteiger partial charge is 0.353 e. The number of rotatable bonds is 3. The van der Waals surface area contributed by atoms with E-state index in [4.69, 9.17) is 16.9 Å². The van der Waals surface area contributed by atoms with Gasteiger partial charge in [-0.25, -0.2) is 4.98 Å². The second-order valence-corrected chi connectivity index (χ2v) is 4.71. The SMILES string of the molecule is CCC(C)(C)N(C)c1nccc(C#N)c1Cl. The highest BCUT2D eigenvalue weighted by atomic mass is 35.5. The lowest BCUT2D eigenvalue weighted by molar-refractivity contribution is 0.467. The fourth-order valence-corrected chi connectivity index (χ4v) is 1.56. The molecule has 0 radical (unpaired) electrons. The molecule has 0 N–H and O–H groups in total. The van der Waals surface area contributed by atoms with E-state index in [0.717, 1.165) is 6.42 Å². The average Bonchev–Trinajstić information content (AvgIpc) is 2.28. The Hall–Kier alpha value is -1.27. The van der Waals surface area contributed by atoms with Crippen LogP contribution in [0, 0.1) is 11.3 Å². The van der Waals surface area contributed by atoms with Gasteiger partial charge in [-0.15, -0.1) is 0 Å². The van der Waals surface area contributed by atoms with Crippen LogP contribution >= 0.6 is 11.6 Å². The van der Waals surface area contributed by atoms with Crippen LogP contribution in [0.5, 0.6) is 0 Å². The predicted octanol–water partition coefficient (Wildman–Crippen LogP) is 3.23. The summed E-state index contributed by atoms with van der Waals surface area (Å²) < 4.78 is 0. The van der Waals surface area contributed by atoms with Gasteiger partial charge in [0.1, 0.15) is 16.9 Å². The topological polar surface area (TPSA) is 39.9 Å². The number of halogens is 1. The molecule has 0 aliphatic rings. The molecule has 1 aromatic heterocycles. The number of aromatic nitrogens is 1. The molecule has 0 bridgehead atoms. The summed E-state index contributed by atoms with van der Waals surface area (Å²) in [5, 5.41) is 9.33. The molecule has 0 saturated carbocycles. The van der Waals surface area contributed by atoms with Gasteiger partial charge in [-0.3, -0.25) is 0 Å². The number of hydrogen-bond acceptors (Lipinski definition) is 3. The van der Waals surface area contributed by atoms with Crippen molar-refractivity contribution < 1.29 is 0 Å². The molecule has 16 heavy (non-hydrogen) atoms. The molecule has 0 amide bonds. The molecule has 0 fully saturated rings. The maximum absolute atomic E-state index is 8.90. The molecule has 0 saturated heterocycles. The van der Waals surface area contributed by atoms with Crippen LogP contribution in [0.25, 0.3) is 0 Å². The zero-order chi connectivity index (χ0) is 12.3. The Labute approximate surface area is 102 Å². The zero-order valence-corrected chi connectivity index (χ0v) is 10.8. The highest BCUT2D eigenvalue weighted by Crippen LogP contribution is 2.30.